The molecule has 0 heterocycles. The number of benzene rings is 1. The Morgan fingerprint density at radius 1 is 1.29 bits per heavy atom. The number of halogens is 1. The molecule has 0 aliphatic carbocycles. The molecular weight excluding hydrogens is 236 g/mol. The predicted molar refractivity (Wildman–Crippen MR) is 70.7 cm³/mol. The van der Waals surface area contributed by atoms with Crippen molar-refractivity contribution in [1.82, 2.24) is 0 Å². The summed E-state index contributed by atoms with van der Waals surface area (Å²) in [6, 6.07) is 7.92. The number of ether oxygens (including phenoxy) is 1. The second kappa shape index (κ2) is 5.54. The molecule has 0 atom stereocenters. The van der Waals surface area contributed by atoms with Crippen LogP contribution in [0, 0.1) is 5.41 Å². The molecule has 0 aromatic heterocycles. The Morgan fingerprint density at radius 2 is 1.82 bits per heavy atom. The van der Waals surface area contributed by atoms with Crippen LogP contribution in [0.1, 0.15) is 39.2 Å². The van der Waals surface area contributed by atoms with E-state index < -0.39 is 5.41 Å². The SMILES string of the molecule is CC(C)c1ccc(OCC(C)(C)C(=O)Cl)cc1. The number of carbonyl (C=O) groups is 1. The van der Waals surface area contributed by atoms with Crippen molar-refractivity contribution in [2.45, 2.75) is 33.6 Å². The van der Waals surface area contributed by atoms with Gasteiger partial charge in [0.05, 0.1) is 5.41 Å². The first kappa shape index (κ1) is 14.0. The maximum Gasteiger partial charge on any atom is 0.230 e. The van der Waals surface area contributed by atoms with E-state index in [0.29, 0.717) is 5.92 Å². The lowest BCUT2D eigenvalue weighted by Crippen LogP contribution is -2.27. The second-order valence-corrected chi connectivity index (χ2v) is 5.51. The van der Waals surface area contributed by atoms with Crippen LogP contribution in [0.2, 0.25) is 0 Å². The molecule has 0 aliphatic rings. The standard InChI is InChI=1S/C14H19ClO2/c1-10(2)11-5-7-12(8-6-11)17-9-14(3,4)13(15)16/h5-8,10H,9H2,1-4H3. The van der Waals surface area contributed by atoms with Gasteiger partial charge in [-0.15, -0.1) is 0 Å². The fourth-order valence-electron chi connectivity index (χ4n) is 1.27. The fraction of sp³-hybridized carbons (Fsp3) is 0.500. The van der Waals surface area contributed by atoms with Crippen molar-refractivity contribution < 1.29 is 9.53 Å². The van der Waals surface area contributed by atoms with Crippen LogP contribution in [-0.2, 0) is 4.79 Å². The lowest BCUT2D eigenvalue weighted by atomic mass is 9.97. The third kappa shape index (κ3) is 4.04. The van der Waals surface area contributed by atoms with E-state index in [2.05, 4.69) is 13.8 Å². The number of hydrogen-bond acceptors (Lipinski definition) is 2. The molecule has 0 spiro atoms. The normalized spacial score (nSPS) is 11.6. The summed E-state index contributed by atoms with van der Waals surface area (Å²) < 4.78 is 5.56. The van der Waals surface area contributed by atoms with Gasteiger partial charge in [0, 0.05) is 0 Å². The molecule has 17 heavy (non-hydrogen) atoms. The third-order valence-corrected chi connectivity index (χ3v) is 3.19. The summed E-state index contributed by atoms with van der Waals surface area (Å²) in [6.45, 7) is 8.11. The van der Waals surface area contributed by atoms with Crippen LogP contribution in [0.25, 0.3) is 0 Å². The smallest absolute Gasteiger partial charge is 0.230 e. The highest BCUT2D eigenvalue weighted by atomic mass is 35.5. The zero-order valence-electron chi connectivity index (χ0n) is 10.8. The molecule has 0 saturated heterocycles. The highest BCUT2D eigenvalue weighted by Crippen LogP contribution is 2.23. The minimum absolute atomic E-state index is 0.288. The van der Waals surface area contributed by atoms with E-state index in [1.165, 1.54) is 5.56 Å². The van der Waals surface area contributed by atoms with Crippen molar-refractivity contribution in [3.05, 3.63) is 29.8 Å². The van der Waals surface area contributed by atoms with Crippen LogP contribution in [0.5, 0.6) is 5.75 Å². The first-order valence-corrected chi connectivity index (χ1v) is 6.13. The molecule has 2 nitrogen and oxygen atoms in total. The van der Waals surface area contributed by atoms with Crippen LogP contribution in [0.15, 0.2) is 24.3 Å². The van der Waals surface area contributed by atoms with Crippen LogP contribution in [0.3, 0.4) is 0 Å². The maximum atomic E-state index is 11.1. The van der Waals surface area contributed by atoms with Gasteiger partial charge in [-0.05, 0) is 49.1 Å². The molecule has 0 amide bonds. The van der Waals surface area contributed by atoms with Crippen molar-refractivity contribution in [3.63, 3.8) is 0 Å². The quantitative estimate of drug-likeness (QED) is 0.743. The molecule has 3 heteroatoms. The second-order valence-electron chi connectivity index (χ2n) is 5.17. The minimum atomic E-state index is -0.654. The Balaban J connectivity index is 2.62. The monoisotopic (exact) mass is 254 g/mol. The van der Waals surface area contributed by atoms with E-state index in [-0.39, 0.29) is 11.8 Å². The van der Waals surface area contributed by atoms with Gasteiger partial charge in [-0.25, -0.2) is 0 Å². The van der Waals surface area contributed by atoms with Crippen molar-refractivity contribution in [2.24, 2.45) is 5.41 Å². The van der Waals surface area contributed by atoms with Crippen LogP contribution < -0.4 is 4.74 Å². The Bertz CT molecular complexity index is 380. The Hall–Kier alpha value is -1.02. The van der Waals surface area contributed by atoms with Gasteiger partial charge in [0.1, 0.15) is 12.4 Å². The van der Waals surface area contributed by atoms with E-state index in [1.54, 1.807) is 13.8 Å². The van der Waals surface area contributed by atoms with Crippen LogP contribution in [0.4, 0.5) is 0 Å². The molecule has 94 valence electrons. The van der Waals surface area contributed by atoms with Crippen molar-refractivity contribution in [1.29, 1.82) is 0 Å². The van der Waals surface area contributed by atoms with E-state index in [0.717, 1.165) is 5.75 Å². The summed E-state index contributed by atoms with van der Waals surface area (Å²) in [5, 5.41) is -0.378. The average Bonchev–Trinajstić information content (AvgIpc) is 2.27. The number of carbonyl (C=O) groups excluding carboxylic acids is 1. The van der Waals surface area contributed by atoms with Gasteiger partial charge >= 0.3 is 0 Å². The molecule has 1 rings (SSSR count). The van der Waals surface area contributed by atoms with Crippen LogP contribution >= 0.6 is 11.6 Å². The number of rotatable bonds is 5. The molecule has 0 N–H and O–H groups in total. The van der Waals surface area contributed by atoms with Gasteiger partial charge in [0.2, 0.25) is 5.24 Å². The van der Waals surface area contributed by atoms with Gasteiger partial charge in [0.25, 0.3) is 0 Å². The van der Waals surface area contributed by atoms with E-state index in [9.17, 15) is 4.79 Å². The van der Waals surface area contributed by atoms with E-state index in [4.69, 9.17) is 16.3 Å². The Morgan fingerprint density at radius 3 is 2.24 bits per heavy atom. The Kier molecular flexibility index (Phi) is 4.58. The zero-order valence-corrected chi connectivity index (χ0v) is 11.5. The molecular formula is C14H19ClO2. The predicted octanol–water partition coefficient (Wildman–Crippen LogP) is 3.98. The molecule has 1 aromatic rings. The van der Waals surface area contributed by atoms with Gasteiger partial charge in [-0.1, -0.05) is 26.0 Å². The van der Waals surface area contributed by atoms with Gasteiger partial charge < -0.3 is 4.74 Å². The lowest BCUT2D eigenvalue weighted by molar-refractivity contribution is -0.120. The summed E-state index contributed by atoms with van der Waals surface area (Å²) in [6.07, 6.45) is 0. The largest absolute Gasteiger partial charge is 0.493 e. The molecule has 0 radical (unpaired) electrons. The molecule has 0 aliphatic heterocycles. The molecule has 0 unspecified atom stereocenters. The zero-order chi connectivity index (χ0) is 13.1. The average molecular weight is 255 g/mol. The first-order chi connectivity index (χ1) is 7.83. The van der Waals surface area contributed by atoms with Crippen molar-refractivity contribution in [2.75, 3.05) is 6.61 Å². The molecule has 0 saturated carbocycles. The topological polar surface area (TPSA) is 26.3 Å². The Labute approximate surface area is 108 Å². The first-order valence-electron chi connectivity index (χ1n) is 5.75. The van der Waals surface area contributed by atoms with E-state index in [1.807, 2.05) is 24.3 Å². The highest BCUT2D eigenvalue weighted by molar-refractivity contribution is 6.64. The lowest BCUT2D eigenvalue weighted by Gasteiger charge is -2.20. The van der Waals surface area contributed by atoms with Crippen LogP contribution in [-0.4, -0.2) is 11.8 Å². The summed E-state index contributed by atoms with van der Waals surface area (Å²) >= 11 is 5.48. The third-order valence-electron chi connectivity index (χ3n) is 2.68. The van der Waals surface area contributed by atoms with E-state index >= 15 is 0 Å². The molecule has 0 bridgehead atoms. The summed E-state index contributed by atoms with van der Waals surface area (Å²) in [4.78, 5) is 11.1. The molecule has 1 aromatic carbocycles. The van der Waals surface area contributed by atoms with Gasteiger partial charge in [-0.3, -0.25) is 4.79 Å². The highest BCUT2D eigenvalue weighted by Gasteiger charge is 2.26. The van der Waals surface area contributed by atoms with Crippen molar-refractivity contribution >= 4 is 16.8 Å². The maximum absolute atomic E-state index is 11.1. The summed E-state index contributed by atoms with van der Waals surface area (Å²) in [5.74, 6) is 1.27. The number of hydrogen-bond donors (Lipinski definition) is 0. The molecule has 0 fully saturated rings. The van der Waals surface area contributed by atoms with Gasteiger partial charge in [0.15, 0.2) is 0 Å². The fourth-order valence-corrected chi connectivity index (χ4v) is 1.32. The minimum Gasteiger partial charge on any atom is -0.493 e. The summed E-state index contributed by atoms with van der Waals surface area (Å²) in [7, 11) is 0. The van der Waals surface area contributed by atoms with Crippen molar-refractivity contribution in [3.8, 4) is 5.75 Å². The van der Waals surface area contributed by atoms with Gasteiger partial charge in [-0.2, -0.15) is 0 Å². The summed E-state index contributed by atoms with van der Waals surface area (Å²) in [5.41, 5.74) is 0.614.